The highest BCUT2D eigenvalue weighted by molar-refractivity contribution is 7.89. The molecule has 1 fully saturated rings. The number of hydrogen-bond acceptors (Lipinski definition) is 6. The van der Waals surface area contributed by atoms with Gasteiger partial charge in [0.2, 0.25) is 5.91 Å². The highest BCUT2D eigenvalue weighted by Crippen LogP contribution is 2.30. The van der Waals surface area contributed by atoms with E-state index in [2.05, 4.69) is 10.3 Å². The summed E-state index contributed by atoms with van der Waals surface area (Å²) in [7, 11) is 1.25. The molecule has 3 rings (SSSR count). The summed E-state index contributed by atoms with van der Waals surface area (Å²) < 4.78 is 39.3. The summed E-state index contributed by atoms with van der Waals surface area (Å²) in [6.07, 6.45) is 2.46. The van der Waals surface area contributed by atoms with Crippen LogP contribution in [-0.2, 0) is 21.9 Å². The van der Waals surface area contributed by atoms with Crippen LogP contribution < -0.4 is 14.8 Å². The fraction of sp³-hybridized carbons (Fsp3) is 0.524. The van der Waals surface area contributed by atoms with Crippen LogP contribution in [0.15, 0.2) is 29.4 Å². The van der Waals surface area contributed by atoms with Gasteiger partial charge < -0.3 is 19.4 Å². The molecule has 0 bridgehead atoms. The average Bonchev–Trinajstić information content (AvgIpc) is 3.12. The normalized spacial score (nSPS) is 16.7. The van der Waals surface area contributed by atoms with E-state index in [9.17, 15) is 13.2 Å². The standard InChI is InChI=1S/C21H30N4O5S/c1-14(17-6-7-18(29-4)19(12-17)30-5)22-21(26)16-8-10-25(11-9-16)31(27,28)20-13-24(3)15(2)23-20/h6-7,12-14,16H,8-11H2,1-5H3,(H,22,26). The Morgan fingerprint density at radius 3 is 2.39 bits per heavy atom. The molecule has 1 aliphatic heterocycles. The Hall–Kier alpha value is -2.59. The molecule has 31 heavy (non-hydrogen) atoms. The van der Waals surface area contributed by atoms with E-state index in [4.69, 9.17) is 9.47 Å². The number of ether oxygens (including phenoxy) is 2. The number of carbonyl (C=O) groups excluding carboxylic acids is 1. The third-order valence-electron chi connectivity index (χ3n) is 5.78. The van der Waals surface area contributed by atoms with Crippen molar-refractivity contribution in [2.45, 2.75) is 37.8 Å². The second-order valence-electron chi connectivity index (χ2n) is 7.76. The Morgan fingerprint density at radius 1 is 1.19 bits per heavy atom. The van der Waals surface area contributed by atoms with Gasteiger partial charge in [0.1, 0.15) is 5.82 Å². The Morgan fingerprint density at radius 2 is 1.84 bits per heavy atom. The monoisotopic (exact) mass is 450 g/mol. The maximum atomic E-state index is 12.8. The van der Waals surface area contributed by atoms with E-state index < -0.39 is 10.0 Å². The van der Waals surface area contributed by atoms with Crippen molar-refractivity contribution in [3.05, 3.63) is 35.8 Å². The quantitative estimate of drug-likeness (QED) is 0.692. The maximum absolute atomic E-state index is 12.8. The topological polar surface area (TPSA) is 103 Å². The Bertz CT molecular complexity index is 1020. The molecular weight excluding hydrogens is 420 g/mol. The Labute approximate surface area is 183 Å². The first-order valence-corrected chi connectivity index (χ1v) is 11.6. The summed E-state index contributed by atoms with van der Waals surface area (Å²) in [5.74, 6) is 1.55. The van der Waals surface area contributed by atoms with Crippen LogP contribution in [0.4, 0.5) is 0 Å². The molecule has 1 saturated heterocycles. The van der Waals surface area contributed by atoms with Gasteiger partial charge in [0.15, 0.2) is 16.5 Å². The van der Waals surface area contributed by atoms with Crippen LogP contribution in [0, 0.1) is 12.8 Å². The van der Waals surface area contributed by atoms with Crippen LogP contribution in [-0.4, -0.2) is 55.5 Å². The number of methoxy groups -OCH3 is 2. The van der Waals surface area contributed by atoms with Gasteiger partial charge in [0.05, 0.1) is 20.3 Å². The van der Waals surface area contributed by atoms with E-state index in [0.29, 0.717) is 43.3 Å². The molecule has 1 aromatic heterocycles. The summed E-state index contributed by atoms with van der Waals surface area (Å²) in [4.78, 5) is 16.9. The minimum absolute atomic E-state index is 0.0532. The lowest BCUT2D eigenvalue weighted by atomic mass is 9.96. The van der Waals surface area contributed by atoms with Crippen molar-refractivity contribution in [1.29, 1.82) is 0 Å². The molecule has 9 nitrogen and oxygen atoms in total. The van der Waals surface area contributed by atoms with Crippen molar-refractivity contribution in [1.82, 2.24) is 19.2 Å². The third kappa shape index (κ3) is 4.85. The molecule has 170 valence electrons. The molecule has 2 heterocycles. The number of amides is 1. The fourth-order valence-corrected chi connectivity index (χ4v) is 5.17. The van der Waals surface area contributed by atoms with E-state index in [1.165, 1.54) is 10.5 Å². The van der Waals surface area contributed by atoms with Gasteiger partial charge >= 0.3 is 0 Å². The van der Waals surface area contributed by atoms with E-state index in [-0.39, 0.29) is 22.9 Å². The molecule has 2 aromatic rings. The lowest BCUT2D eigenvalue weighted by Gasteiger charge is -2.30. The molecule has 0 saturated carbocycles. The molecule has 1 unspecified atom stereocenters. The van der Waals surface area contributed by atoms with Gasteiger partial charge in [-0.05, 0) is 44.4 Å². The van der Waals surface area contributed by atoms with Crippen molar-refractivity contribution in [3.8, 4) is 11.5 Å². The first kappa shape index (κ1) is 23.1. The number of nitrogens with zero attached hydrogens (tertiary/aromatic N) is 3. The van der Waals surface area contributed by atoms with Gasteiger partial charge in [0, 0.05) is 32.3 Å². The van der Waals surface area contributed by atoms with E-state index in [0.717, 1.165) is 5.56 Å². The van der Waals surface area contributed by atoms with Crippen molar-refractivity contribution in [3.63, 3.8) is 0 Å². The van der Waals surface area contributed by atoms with Gasteiger partial charge in [-0.3, -0.25) is 4.79 Å². The SMILES string of the molecule is COc1ccc(C(C)NC(=O)C2CCN(S(=O)(=O)c3cn(C)c(C)n3)CC2)cc1OC. The smallest absolute Gasteiger partial charge is 0.262 e. The van der Waals surface area contributed by atoms with Crippen LogP contribution in [0.5, 0.6) is 11.5 Å². The molecule has 1 amide bonds. The number of sulfonamides is 1. The summed E-state index contributed by atoms with van der Waals surface area (Å²) >= 11 is 0. The zero-order valence-electron chi connectivity index (χ0n) is 18.6. The number of nitrogens with one attached hydrogen (secondary N) is 1. The summed E-state index contributed by atoms with van der Waals surface area (Å²) in [5, 5.41) is 3.09. The second kappa shape index (κ2) is 9.27. The Kier molecular flexibility index (Phi) is 6.90. The zero-order valence-corrected chi connectivity index (χ0v) is 19.4. The second-order valence-corrected chi connectivity index (χ2v) is 9.65. The van der Waals surface area contributed by atoms with Crippen molar-refractivity contribution in [2.75, 3.05) is 27.3 Å². The van der Waals surface area contributed by atoms with Gasteiger partial charge in [-0.15, -0.1) is 0 Å². The minimum atomic E-state index is -3.65. The number of rotatable bonds is 7. The molecule has 0 aliphatic carbocycles. The number of benzene rings is 1. The van der Waals surface area contributed by atoms with Crippen LogP contribution in [0.1, 0.15) is 37.2 Å². The first-order valence-electron chi connectivity index (χ1n) is 10.2. The van der Waals surface area contributed by atoms with Gasteiger partial charge in [0.25, 0.3) is 10.0 Å². The molecule has 0 radical (unpaired) electrons. The summed E-state index contributed by atoms with van der Waals surface area (Å²) in [5.41, 5.74) is 0.900. The van der Waals surface area contributed by atoms with Crippen LogP contribution in [0.2, 0.25) is 0 Å². The number of piperidine rings is 1. The lowest BCUT2D eigenvalue weighted by Crippen LogP contribution is -2.43. The van der Waals surface area contributed by atoms with E-state index in [1.807, 2.05) is 19.1 Å². The Balaban J connectivity index is 1.60. The molecule has 1 atom stereocenters. The third-order valence-corrected chi connectivity index (χ3v) is 7.55. The zero-order chi connectivity index (χ0) is 22.8. The summed E-state index contributed by atoms with van der Waals surface area (Å²) in [6, 6.07) is 5.31. The molecule has 1 N–H and O–H groups in total. The number of aromatic nitrogens is 2. The summed E-state index contributed by atoms with van der Waals surface area (Å²) in [6.45, 7) is 4.25. The van der Waals surface area contributed by atoms with Crippen LogP contribution >= 0.6 is 0 Å². The average molecular weight is 451 g/mol. The number of aryl methyl sites for hydroxylation is 2. The lowest BCUT2D eigenvalue weighted by molar-refractivity contribution is -0.126. The number of carbonyl (C=O) groups is 1. The maximum Gasteiger partial charge on any atom is 0.262 e. The van der Waals surface area contributed by atoms with Gasteiger partial charge in [-0.2, -0.15) is 4.31 Å². The van der Waals surface area contributed by atoms with Gasteiger partial charge in [-0.25, -0.2) is 13.4 Å². The fourth-order valence-electron chi connectivity index (χ4n) is 3.68. The van der Waals surface area contributed by atoms with Crippen LogP contribution in [0.3, 0.4) is 0 Å². The molecule has 0 spiro atoms. The molecule has 1 aromatic carbocycles. The highest BCUT2D eigenvalue weighted by atomic mass is 32.2. The molecule has 10 heteroatoms. The van der Waals surface area contributed by atoms with Crippen molar-refractivity contribution >= 4 is 15.9 Å². The largest absolute Gasteiger partial charge is 0.493 e. The predicted molar refractivity (Wildman–Crippen MR) is 116 cm³/mol. The van der Waals surface area contributed by atoms with Crippen molar-refractivity contribution in [2.24, 2.45) is 13.0 Å². The van der Waals surface area contributed by atoms with Gasteiger partial charge in [-0.1, -0.05) is 6.07 Å². The van der Waals surface area contributed by atoms with E-state index in [1.54, 1.807) is 38.8 Å². The number of imidazole rings is 1. The first-order chi connectivity index (χ1) is 14.7. The predicted octanol–water partition coefficient (Wildman–Crippen LogP) is 2.02. The molecule has 1 aliphatic rings. The molecular formula is C21H30N4O5S. The number of hydrogen-bond donors (Lipinski definition) is 1. The van der Waals surface area contributed by atoms with Crippen LogP contribution in [0.25, 0.3) is 0 Å². The van der Waals surface area contributed by atoms with E-state index >= 15 is 0 Å². The minimum Gasteiger partial charge on any atom is -0.493 e. The highest BCUT2D eigenvalue weighted by Gasteiger charge is 2.34. The van der Waals surface area contributed by atoms with Crippen molar-refractivity contribution < 1.29 is 22.7 Å².